The van der Waals surface area contributed by atoms with Crippen LogP contribution in [0.5, 0.6) is 5.75 Å². The zero-order valence-corrected chi connectivity index (χ0v) is 33.1. The molecule has 1 saturated carbocycles. The molecule has 1 aromatic heterocycles. The Morgan fingerprint density at radius 3 is 2.58 bits per heavy atom. The summed E-state index contributed by atoms with van der Waals surface area (Å²) in [7, 11) is 5.16. The summed E-state index contributed by atoms with van der Waals surface area (Å²) in [5, 5.41) is 25.6. The maximum Gasteiger partial charge on any atom is 0.322 e. The van der Waals surface area contributed by atoms with Gasteiger partial charge in [0, 0.05) is 90.9 Å². The number of methoxy groups -OCH3 is 2. The standard InChI is InChI=1S/C44H56N4O7/c1-7-41(52)22-27-23-44(40(51)54-6,36-29(14-18-47(24-27)25-41)28-12-9-10-13-32(28)45-36)31-20-30-33(21-34(31)53-5)46(4)37-35(50)38(55-26(3)49)42(8-2)15-11-17-48-19-16-43(30,37)39(42)48/h9-13,15,20-21,27,35,37-39,45,50,52H,7-8,14,16-19,22-25H2,1-6H3/t27-,35-,37-,38-,39-,41-,42-,43-,44-/m0/s1. The van der Waals surface area contributed by atoms with Crippen LogP contribution in [0.25, 0.3) is 10.9 Å². The molecule has 6 aliphatic rings. The molecule has 55 heavy (non-hydrogen) atoms. The normalized spacial score (nSPS) is 37.6. The first-order valence-electron chi connectivity index (χ1n) is 20.3. The quantitative estimate of drug-likeness (QED) is 0.246. The van der Waals surface area contributed by atoms with Crippen LogP contribution in [0.3, 0.4) is 0 Å². The van der Waals surface area contributed by atoms with Crippen molar-refractivity contribution in [3.8, 4) is 5.75 Å². The second kappa shape index (κ2) is 12.8. The molecule has 9 rings (SSSR count). The molecule has 5 aliphatic heterocycles. The number of aromatic nitrogens is 1. The summed E-state index contributed by atoms with van der Waals surface area (Å²) >= 11 is 0. The number of nitrogens with zero attached hydrogens (tertiary/aromatic N) is 3. The molecule has 2 saturated heterocycles. The van der Waals surface area contributed by atoms with E-state index in [1.54, 1.807) is 7.11 Å². The number of anilines is 1. The molecule has 3 fully saturated rings. The van der Waals surface area contributed by atoms with Gasteiger partial charge in [0.05, 0.1) is 25.9 Å². The summed E-state index contributed by atoms with van der Waals surface area (Å²) in [5.41, 5.74) is 2.26. The number of hydrogen-bond acceptors (Lipinski definition) is 10. The number of benzene rings is 2. The van der Waals surface area contributed by atoms with E-state index in [0.29, 0.717) is 44.4 Å². The number of aromatic amines is 1. The van der Waals surface area contributed by atoms with Gasteiger partial charge in [-0.3, -0.25) is 19.4 Å². The fraction of sp³-hybridized carbons (Fsp3) is 0.591. The van der Waals surface area contributed by atoms with Gasteiger partial charge in [-0.05, 0) is 74.2 Å². The van der Waals surface area contributed by atoms with E-state index >= 15 is 4.79 Å². The average Bonchev–Trinajstić information content (AvgIpc) is 3.84. The zero-order valence-electron chi connectivity index (χ0n) is 33.1. The molecule has 2 bridgehead atoms. The predicted molar refractivity (Wildman–Crippen MR) is 209 cm³/mol. The minimum absolute atomic E-state index is 0.0270. The summed E-state index contributed by atoms with van der Waals surface area (Å²) in [6.07, 6.45) is 6.45. The monoisotopic (exact) mass is 752 g/mol. The number of fused-ring (bicyclic) bond motifs is 6. The number of carbonyl (C=O) groups is 2. The fourth-order valence-corrected chi connectivity index (χ4v) is 13.0. The van der Waals surface area contributed by atoms with Crippen molar-refractivity contribution in [2.45, 2.75) is 100 Å². The van der Waals surface area contributed by atoms with Crippen LogP contribution in [0.1, 0.15) is 75.3 Å². The van der Waals surface area contributed by atoms with Crippen LogP contribution in [-0.2, 0) is 36.3 Å². The molecule has 3 N–H and O–H groups in total. The molecule has 11 nitrogen and oxygen atoms in total. The third-order valence-electron chi connectivity index (χ3n) is 15.0. The zero-order chi connectivity index (χ0) is 38.7. The van der Waals surface area contributed by atoms with Gasteiger partial charge in [-0.15, -0.1) is 0 Å². The molecule has 10 atom stereocenters. The van der Waals surface area contributed by atoms with Gasteiger partial charge in [0.2, 0.25) is 0 Å². The number of H-pyrrole nitrogens is 1. The van der Waals surface area contributed by atoms with E-state index in [4.69, 9.17) is 14.2 Å². The van der Waals surface area contributed by atoms with Crippen molar-refractivity contribution in [3.05, 3.63) is 70.9 Å². The van der Waals surface area contributed by atoms with Gasteiger partial charge in [-0.1, -0.05) is 44.2 Å². The SMILES string of the molecule is CC[C@]1(O)C[C@@H]2CN(CCc3c([nH]c4ccccc34)[C@@](C(=O)OC)(c3cc4c(cc3OC)N(C)[C@H]3[C@H](O)[C@H](OC(C)=O)[C@]5(CC)C=CCN6CC[C@]43[C@@H]65)C2)C1. The van der Waals surface area contributed by atoms with Gasteiger partial charge < -0.3 is 34.3 Å². The number of para-hydroxylation sites is 1. The Morgan fingerprint density at radius 2 is 1.85 bits per heavy atom. The van der Waals surface area contributed by atoms with Crippen LogP contribution in [0.4, 0.5) is 5.69 Å². The Bertz CT molecular complexity index is 2080. The second-order valence-corrected chi connectivity index (χ2v) is 17.5. The van der Waals surface area contributed by atoms with Crippen molar-refractivity contribution >= 4 is 28.5 Å². The second-order valence-electron chi connectivity index (χ2n) is 17.5. The lowest BCUT2D eigenvalue weighted by atomic mass is 9.51. The molecule has 1 unspecified atom stereocenters. The Morgan fingerprint density at radius 1 is 1.05 bits per heavy atom. The lowest BCUT2D eigenvalue weighted by Crippen LogP contribution is -2.74. The minimum Gasteiger partial charge on any atom is -0.496 e. The van der Waals surface area contributed by atoms with E-state index in [-0.39, 0.29) is 17.9 Å². The van der Waals surface area contributed by atoms with Crippen LogP contribution in [0.15, 0.2) is 48.6 Å². The molecule has 11 heteroatoms. The Balaban J connectivity index is 1.33. The number of ether oxygens (including phenoxy) is 3. The average molecular weight is 753 g/mol. The van der Waals surface area contributed by atoms with E-state index < -0.39 is 46.1 Å². The number of likely N-dealkylation sites (N-methyl/N-ethyl adjacent to an activating group) is 1. The van der Waals surface area contributed by atoms with Crippen molar-refractivity contribution in [3.63, 3.8) is 0 Å². The molecule has 0 amide bonds. The van der Waals surface area contributed by atoms with E-state index in [1.165, 1.54) is 14.0 Å². The van der Waals surface area contributed by atoms with E-state index in [1.807, 2.05) is 26.1 Å². The molecule has 6 heterocycles. The van der Waals surface area contributed by atoms with Crippen LogP contribution >= 0.6 is 0 Å². The lowest BCUT2D eigenvalue weighted by Gasteiger charge is -2.60. The number of piperidine rings is 1. The number of esters is 2. The Hall–Kier alpha value is -3.90. The number of hydrogen-bond donors (Lipinski definition) is 3. The summed E-state index contributed by atoms with van der Waals surface area (Å²) in [4.78, 5) is 38.8. The molecule has 294 valence electrons. The van der Waals surface area contributed by atoms with Gasteiger partial charge in [0.15, 0.2) is 0 Å². The summed E-state index contributed by atoms with van der Waals surface area (Å²) in [6, 6.07) is 12.1. The number of nitrogens with one attached hydrogen (secondary N) is 1. The highest BCUT2D eigenvalue weighted by Crippen LogP contribution is 2.66. The van der Waals surface area contributed by atoms with Gasteiger partial charge in [-0.25, -0.2) is 0 Å². The van der Waals surface area contributed by atoms with Crippen molar-refractivity contribution in [2.24, 2.45) is 11.3 Å². The van der Waals surface area contributed by atoms with Crippen LogP contribution in [-0.4, -0.2) is 121 Å². The van der Waals surface area contributed by atoms with E-state index in [0.717, 1.165) is 71.6 Å². The van der Waals surface area contributed by atoms with Crippen molar-refractivity contribution in [1.29, 1.82) is 0 Å². The predicted octanol–water partition coefficient (Wildman–Crippen LogP) is 4.45. The van der Waals surface area contributed by atoms with Gasteiger partial charge in [0.1, 0.15) is 23.4 Å². The topological polar surface area (TPSA) is 128 Å². The highest BCUT2D eigenvalue weighted by molar-refractivity contribution is 5.94. The van der Waals surface area contributed by atoms with Crippen LogP contribution in [0.2, 0.25) is 0 Å². The number of aliphatic hydroxyl groups is 2. The summed E-state index contributed by atoms with van der Waals surface area (Å²) < 4.78 is 18.4. The van der Waals surface area contributed by atoms with Gasteiger partial charge in [-0.2, -0.15) is 0 Å². The first-order chi connectivity index (χ1) is 26.4. The molecule has 3 aromatic rings. The first kappa shape index (κ1) is 36.7. The maximum absolute atomic E-state index is 15.2. The Labute approximate surface area is 323 Å². The molecule has 0 radical (unpaired) electrons. The van der Waals surface area contributed by atoms with E-state index in [9.17, 15) is 15.0 Å². The summed E-state index contributed by atoms with van der Waals surface area (Å²) in [6.45, 7) is 9.32. The van der Waals surface area contributed by atoms with Crippen LogP contribution in [0, 0.1) is 11.3 Å². The smallest absolute Gasteiger partial charge is 0.322 e. The largest absolute Gasteiger partial charge is 0.496 e. The number of rotatable bonds is 6. The summed E-state index contributed by atoms with van der Waals surface area (Å²) in [5.74, 6) is -0.228. The molecular formula is C44H56N4O7. The number of aliphatic hydroxyl groups excluding tert-OH is 1. The highest BCUT2D eigenvalue weighted by Gasteiger charge is 2.73. The highest BCUT2D eigenvalue weighted by atomic mass is 16.6. The molecule has 2 aromatic carbocycles. The van der Waals surface area contributed by atoms with Crippen molar-refractivity contribution in [1.82, 2.24) is 14.8 Å². The van der Waals surface area contributed by atoms with Crippen LogP contribution < -0.4 is 9.64 Å². The molecule has 1 spiro atoms. The minimum atomic E-state index is -1.32. The lowest BCUT2D eigenvalue weighted by molar-refractivity contribution is -0.184. The van der Waals surface area contributed by atoms with Crippen molar-refractivity contribution in [2.75, 3.05) is 58.9 Å². The molecule has 1 aliphatic carbocycles. The van der Waals surface area contributed by atoms with E-state index in [2.05, 4.69) is 63.0 Å². The molecular weight excluding hydrogens is 697 g/mol. The van der Waals surface area contributed by atoms with Crippen molar-refractivity contribution < 1.29 is 34.0 Å². The van der Waals surface area contributed by atoms with Gasteiger partial charge >= 0.3 is 11.9 Å². The fourth-order valence-electron chi connectivity index (χ4n) is 13.0. The Kier molecular flexibility index (Phi) is 8.55. The third-order valence-corrected chi connectivity index (χ3v) is 15.0. The third kappa shape index (κ3) is 4.88. The number of carbonyl (C=O) groups excluding carboxylic acids is 2. The van der Waals surface area contributed by atoms with Gasteiger partial charge in [0.25, 0.3) is 0 Å². The maximum atomic E-state index is 15.2. The first-order valence-corrected chi connectivity index (χ1v) is 20.3.